The van der Waals surface area contributed by atoms with Gasteiger partial charge in [0.1, 0.15) is 5.75 Å². The number of aromatic nitrogens is 1. The Balaban J connectivity index is 2.05. The molecule has 7 nitrogen and oxygen atoms in total. The molecule has 7 heteroatoms. The molecule has 3 N–H and O–H groups in total. The van der Waals surface area contributed by atoms with Crippen LogP contribution in [0.1, 0.15) is 47.6 Å². The van der Waals surface area contributed by atoms with Crippen molar-refractivity contribution in [2.45, 2.75) is 33.1 Å². The van der Waals surface area contributed by atoms with Gasteiger partial charge in [0.2, 0.25) is 11.8 Å². The predicted molar refractivity (Wildman–Crippen MR) is 108 cm³/mol. The van der Waals surface area contributed by atoms with Crippen molar-refractivity contribution in [2.75, 3.05) is 18.5 Å². The second-order valence-electron chi connectivity index (χ2n) is 7.15. The van der Waals surface area contributed by atoms with Crippen LogP contribution >= 0.6 is 0 Å². The topological polar surface area (TPSA) is 110 Å². The standard InChI is InChI=1S/C22H22N4O3/c1-4-28-22-18-17(15-6-5-13(9-23)14-7-8-29-20(14)15)16(21(24)27)12(3)26-19(18)11(2)10-25-22/h5-6,10,17,26H,4,7-8H2,1-3H3,(H2,24,27). The lowest BCUT2D eigenvalue weighted by atomic mass is 9.79. The van der Waals surface area contributed by atoms with E-state index in [4.69, 9.17) is 15.2 Å². The smallest absolute Gasteiger partial charge is 0.247 e. The van der Waals surface area contributed by atoms with Crippen LogP contribution < -0.4 is 20.5 Å². The van der Waals surface area contributed by atoms with Crippen molar-refractivity contribution in [3.05, 3.63) is 57.4 Å². The zero-order valence-corrected chi connectivity index (χ0v) is 16.6. The van der Waals surface area contributed by atoms with Crippen LogP contribution in [0.25, 0.3) is 0 Å². The quantitative estimate of drug-likeness (QED) is 0.830. The van der Waals surface area contributed by atoms with Crippen molar-refractivity contribution in [1.29, 1.82) is 5.26 Å². The highest BCUT2D eigenvalue weighted by molar-refractivity contribution is 5.98. The molecule has 1 atom stereocenters. The first-order valence-electron chi connectivity index (χ1n) is 9.56. The molecule has 29 heavy (non-hydrogen) atoms. The van der Waals surface area contributed by atoms with Crippen molar-refractivity contribution in [1.82, 2.24) is 4.98 Å². The van der Waals surface area contributed by atoms with E-state index in [1.54, 1.807) is 12.3 Å². The number of amides is 1. The molecule has 3 heterocycles. The summed E-state index contributed by atoms with van der Waals surface area (Å²) >= 11 is 0. The van der Waals surface area contributed by atoms with Gasteiger partial charge in [-0.3, -0.25) is 4.79 Å². The highest BCUT2D eigenvalue weighted by Gasteiger charge is 2.38. The molecule has 0 bridgehead atoms. The lowest BCUT2D eigenvalue weighted by Crippen LogP contribution is -2.28. The maximum absolute atomic E-state index is 12.5. The Hall–Kier alpha value is -3.53. The van der Waals surface area contributed by atoms with Gasteiger partial charge in [-0.25, -0.2) is 4.98 Å². The van der Waals surface area contributed by atoms with Crippen LogP contribution in [0.5, 0.6) is 11.6 Å². The molecule has 4 rings (SSSR count). The number of primary amides is 1. The third kappa shape index (κ3) is 2.88. The third-order valence-electron chi connectivity index (χ3n) is 5.43. The first-order valence-corrected chi connectivity index (χ1v) is 9.56. The van der Waals surface area contributed by atoms with Gasteiger partial charge >= 0.3 is 0 Å². The number of nitrogens with two attached hydrogens (primary N) is 1. The Labute approximate surface area is 169 Å². The van der Waals surface area contributed by atoms with Crippen LogP contribution in [0, 0.1) is 18.3 Å². The molecular formula is C22H22N4O3. The largest absolute Gasteiger partial charge is 0.493 e. The number of carbonyl (C=O) groups excluding carboxylic acids is 1. The number of hydrogen-bond acceptors (Lipinski definition) is 6. The lowest BCUT2D eigenvalue weighted by Gasteiger charge is -2.32. The summed E-state index contributed by atoms with van der Waals surface area (Å²) in [5.41, 5.74) is 11.7. The summed E-state index contributed by atoms with van der Waals surface area (Å²) in [6.45, 7) is 6.61. The molecule has 1 aromatic heterocycles. The van der Waals surface area contributed by atoms with Crippen LogP contribution in [0.4, 0.5) is 5.69 Å². The number of carbonyl (C=O) groups is 1. The number of nitrogens with one attached hydrogen (secondary N) is 1. The average molecular weight is 390 g/mol. The number of nitrogens with zero attached hydrogens (tertiary/aromatic N) is 2. The van der Waals surface area contributed by atoms with Crippen LogP contribution in [0.3, 0.4) is 0 Å². The Morgan fingerprint density at radius 2 is 2.24 bits per heavy atom. The Morgan fingerprint density at radius 1 is 1.45 bits per heavy atom. The zero-order valence-electron chi connectivity index (χ0n) is 16.6. The van der Waals surface area contributed by atoms with Gasteiger partial charge in [-0.15, -0.1) is 0 Å². The summed E-state index contributed by atoms with van der Waals surface area (Å²) in [7, 11) is 0. The van der Waals surface area contributed by atoms with Crippen molar-refractivity contribution < 1.29 is 14.3 Å². The number of nitriles is 1. The first kappa shape index (κ1) is 18.8. The fourth-order valence-electron chi connectivity index (χ4n) is 4.20. The number of pyridine rings is 1. The summed E-state index contributed by atoms with van der Waals surface area (Å²) in [6, 6.07) is 5.85. The monoisotopic (exact) mass is 390 g/mol. The van der Waals surface area contributed by atoms with Crippen LogP contribution in [-0.4, -0.2) is 24.1 Å². The Kier molecular flexibility index (Phi) is 4.63. The Bertz CT molecular complexity index is 1100. The normalized spacial score (nSPS) is 17.0. The van der Waals surface area contributed by atoms with Gasteiger partial charge in [0.05, 0.1) is 42.0 Å². The molecule has 1 amide bonds. The van der Waals surface area contributed by atoms with Gasteiger partial charge in [0, 0.05) is 35.0 Å². The van der Waals surface area contributed by atoms with Crippen LogP contribution in [0.15, 0.2) is 29.6 Å². The number of anilines is 1. The van der Waals surface area contributed by atoms with Crippen molar-refractivity contribution in [3.8, 4) is 17.7 Å². The molecular weight excluding hydrogens is 368 g/mol. The van der Waals surface area contributed by atoms with Crippen LogP contribution in [-0.2, 0) is 11.2 Å². The molecule has 1 unspecified atom stereocenters. The predicted octanol–water partition coefficient (Wildman–Crippen LogP) is 2.91. The number of ether oxygens (including phenoxy) is 2. The molecule has 0 saturated heterocycles. The van der Waals surface area contributed by atoms with E-state index in [2.05, 4.69) is 16.4 Å². The number of hydrogen-bond donors (Lipinski definition) is 2. The Morgan fingerprint density at radius 3 is 2.93 bits per heavy atom. The molecule has 2 aliphatic heterocycles. The minimum Gasteiger partial charge on any atom is -0.493 e. The van der Waals surface area contributed by atoms with Crippen molar-refractivity contribution in [2.24, 2.45) is 5.73 Å². The van der Waals surface area contributed by atoms with Crippen molar-refractivity contribution in [3.63, 3.8) is 0 Å². The summed E-state index contributed by atoms with van der Waals surface area (Å²) in [4.78, 5) is 17.0. The maximum atomic E-state index is 12.5. The minimum absolute atomic E-state index is 0.436. The van der Waals surface area contributed by atoms with Gasteiger partial charge in [0.15, 0.2) is 0 Å². The summed E-state index contributed by atoms with van der Waals surface area (Å²) in [5, 5.41) is 12.8. The number of fused-ring (bicyclic) bond motifs is 2. The van der Waals surface area contributed by atoms with Gasteiger partial charge < -0.3 is 20.5 Å². The average Bonchev–Trinajstić information content (AvgIpc) is 3.18. The molecule has 0 spiro atoms. The molecule has 2 aromatic rings. The van der Waals surface area contributed by atoms with E-state index in [9.17, 15) is 10.1 Å². The fourth-order valence-corrected chi connectivity index (χ4v) is 4.20. The molecule has 0 saturated carbocycles. The van der Waals surface area contributed by atoms with Gasteiger partial charge in [-0.2, -0.15) is 5.26 Å². The van der Waals surface area contributed by atoms with Crippen LogP contribution in [0.2, 0.25) is 0 Å². The fraction of sp³-hybridized carbons (Fsp3) is 0.318. The van der Waals surface area contributed by atoms with E-state index < -0.39 is 11.8 Å². The molecule has 2 aliphatic rings. The van der Waals surface area contributed by atoms with E-state index in [1.807, 2.05) is 26.8 Å². The second kappa shape index (κ2) is 7.13. The first-order chi connectivity index (χ1) is 14.0. The highest BCUT2D eigenvalue weighted by atomic mass is 16.5. The molecule has 148 valence electrons. The maximum Gasteiger partial charge on any atom is 0.247 e. The van der Waals surface area contributed by atoms with E-state index >= 15 is 0 Å². The summed E-state index contributed by atoms with van der Waals surface area (Å²) in [6.07, 6.45) is 2.40. The molecule has 0 fully saturated rings. The minimum atomic E-state index is -0.522. The number of rotatable bonds is 4. The zero-order chi connectivity index (χ0) is 20.7. The number of aryl methyl sites for hydroxylation is 1. The van der Waals surface area contributed by atoms with E-state index in [0.29, 0.717) is 48.1 Å². The molecule has 0 radical (unpaired) electrons. The number of allylic oxidation sites excluding steroid dienone is 1. The van der Waals surface area contributed by atoms with Gasteiger partial charge in [-0.1, -0.05) is 6.07 Å². The van der Waals surface area contributed by atoms with Gasteiger partial charge in [-0.05, 0) is 32.4 Å². The van der Waals surface area contributed by atoms with Gasteiger partial charge in [0.25, 0.3) is 0 Å². The lowest BCUT2D eigenvalue weighted by molar-refractivity contribution is -0.114. The highest BCUT2D eigenvalue weighted by Crippen LogP contribution is 2.50. The number of benzene rings is 1. The summed E-state index contributed by atoms with van der Waals surface area (Å²) in [5.74, 6) is 0.0772. The van der Waals surface area contributed by atoms with E-state index in [0.717, 1.165) is 27.9 Å². The van der Waals surface area contributed by atoms with E-state index in [1.165, 1.54) is 0 Å². The van der Waals surface area contributed by atoms with Crippen molar-refractivity contribution >= 4 is 11.6 Å². The third-order valence-corrected chi connectivity index (χ3v) is 5.43. The summed E-state index contributed by atoms with van der Waals surface area (Å²) < 4.78 is 11.7. The second-order valence-corrected chi connectivity index (χ2v) is 7.15. The van der Waals surface area contributed by atoms with E-state index in [-0.39, 0.29) is 0 Å². The molecule has 0 aliphatic carbocycles. The molecule has 1 aromatic carbocycles. The SMILES string of the molecule is CCOc1ncc(C)c2c1C(c1ccc(C#N)c3c1OCC3)C(C(N)=O)=C(C)N2.